The molecule has 0 saturated carbocycles. The van der Waals surface area contributed by atoms with Crippen LogP contribution < -0.4 is 13.6 Å². The molecule has 0 aliphatic heterocycles. The summed E-state index contributed by atoms with van der Waals surface area (Å²) >= 11 is 0. The number of fused-ring (bicyclic) bond motifs is 1. The van der Waals surface area contributed by atoms with Gasteiger partial charge in [-0.25, -0.2) is 9.78 Å². The summed E-state index contributed by atoms with van der Waals surface area (Å²) in [6.07, 6.45) is 3.96. The zero-order valence-electron chi connectivity index (χ0n) is 26.2. The quantitative estimate of drug-likeness (QED) is 0.196. The maximum absolute atomic E-state index is 12.2. The third-order valence-corrected chi connectivity index (χ3v) is 16.9. The highest BCUT2D eigenvalue weighted by Crippen LogP contribution is 2.44. The second-order valence-electron chi connectivity index (χ2n) is 13.2. The first-order valence-corrected chi connectivity index (χ1v) is 19.5. The Balaban J connectivity index is 2.04. The number of aromatic nitrogens is 1. The molecule has 1 heterocycles. The van der Waals surface area contributed by atoms with Crippen molar-refractivity contribution in [3.63, 3.8) is 0 Å². The van der Waals surface area contributed by atoms with Crippen molar-refractivity contribution in [3.8, 4) is 17.2 Å². The van der Waals surface area contributed by atoms with Gasteiger partial charge < -0.3 is 18.3 Å². The Morgan fingerprint density at radius 1 is 0.775 bits per heavy atom. The fraction of sp³-hybridized carbons (Fsp3) is 0.438. The van der Waals surface area contributed by atoms with Crippen LogP contribution in [-0.2, 0) is 4.74 Å². The lowest BCUT2D eigenvalue weighted by Gasteiger charge is -2.39. The van der Waals surface area contributed by atoms with E-state index < -0.39 is 22.6 Å². The molecular formula is C32H45NO5Si2. The predicted molar refractivity (Wildman–Crippen MR) is 171 cm³/mol. The summed E-state index contributed by atoms with van der Waals surface area (Å²) in [5.41, 5.74) is 2.67. The Bertz CT molecular complexity index is 1420. The highest BCUT2D eigenvalue weighted by molar-refractivity contribution is 6.75. The number of ether oxygens (including phenoxy) is 2. The maximum atomic E-state index is 12.2. The van der Waals surface area contributed by atoms with Gasteiger partial charge >= 0.3 is 5.97 Å². The number of hydrogen-bond acceptors (Lipinski definition) is 6. The number of rotatable bonds is 8. The predicted octanol–water partition coefficient (Wildman–Crippen LogP) is 8.97. The second kappa shape index (κ2) is 11.4. The van der Waals surface area contributed by atoms with Gasteiger partial charge in [0.1, 0.15) is 22.6 Å². The van der Waals surface area contributed by atoms with Crippen LogP contribution in [0.3, 0.4) is 0 Å². The van der Waals surface area contributed by atoms with Crippen LogP contribution in [0.15, 0.2) is 42.5 Å². The van der Waals surface area contributed by atoms with Crippen LogP contribution in [0, 0.1) is 0 Å². The molecule has 0 saturated heterocycles. The Morgan fingerprint density at radius 3 is 1.90 bits per heavy atom. The van der Waals surface area contributed by atoms with Crippen molar-refractivity contribution in [2.75, 3.05) is 14.2 Å². The summed E-state index contributed by atoms with van der Waals surface area (Å²) < 4.78 is 24.0. The lowest BCUT2D eigenvalue weighted by Crippen LogP contribution is -2.45. The number of benzene rings is 2. The third-order valence-electron chi connectivity index (χ3n) is 8.20. The number of nitrogens with zero attached hydrogens (tertiary/aromatic N) is 1. The van der Waals surface area contributed by atoms with Crippen molar-refractivity contribution in [3.05, 3.63) is 59.3 Å². The van der Waals surface area contributed by atoms with Crippen molar-refractivity contribution in [1.29, 1.82) is 0 Å². The van der Waals surface area contributed by atoms with Crippen LogP contribution in [0.25, 0.3) is 23.1 Å². The highest BCUT2D eigenvalue weighted by atomic mass is 28.4. The molecule has 0 bridgehead atoms. The Morgan fingerprint density at radius 2 is 1.35 bits per heavy atom. The fourth-order valence-corrected chi connectivity index (χ4v) is 5.62. The van der Waals surface area contributed by atoms with E-state index in [0.717, 1.165) is 28.1 Å². The van der Waals surface area contributed by atoms with Crippen LogP contribution in [0.2, 0.25) is 36.3 Å². The number of carbonyl (C=O) groups is 1. The number of methoxy groups -OCH3 is 2. The van der Waals surface area contributed by atoms with Gasteiger partial charge in [-0.05, 0) is 72.2 Å². The molecule has 40 heavy (non-hydrogen) atoms. The normalized spacial score (nSPS) is 13.0. The SMILES string of the molecule is COC(=O)c1ccc2ccc(/C=C/c3ccc(O[Si](C)(C)C(C)(C)C)c(O[Si](C)(C)C(C)(C)C)c3)nc2c1OC. The standard InChI is InChI=1S/C32H45NO5Si2/c1-31(2,3)39(9,10)37-26-20-14-22(21-27(26)38-40(11,12)32(4,5)6)13-17-24-18-15-23-16-19-25(30(34)36-8)29(35-7)28(23)33-24/h13-21H,1-12H3/b17-13+. The molecule has 1 aromatic heterocycles. The van der Waals surface area contributed by atoms with E-state index in [2.05, 4.69) is 79.9 Å². The number of carbonyl (C=O) groups excluding carboxylic acids is 1. The van der Waals surface area contributed by atoms with E-state index in [9.17, 15) is 4.79 Å². The van der Waals surface area contributed by atoms with Crippen LogP contribution in [0.4, 0.5) is 0 Å². The molecule has 0 unspecified atom stereocenters. The fourth-order valence-electron chi connectivity index (χ4n) is 3.58. The molecule has 0 amide bonds. The summed E-state index contributed by atoms with van der Waals surface area (Å²) in [5, 5.41) is 0.986. The zero-order chi connectivity index (χ0) is 30.1. The molecule has 0 fully saturated rings. The maximum Gasteiger partial charge on any atom is 0.341 e. The van der Waals surface area contributed by atoms with E-state index in [1.807, 2.05) is 36.4 Å². The molecule has 6 nitrogen and oxygen atoms in total. The van der Waals surface area contributed by atoms with Gasteiger partial charge in [0.15, 0.2) is 5.75 Å². The molecule has 3 rings (SSSR count). The van der Waals surface area contributed by atoms with Gasteiger partial charge in [0.25, 0.3) is 16.6 Å². The van der Waals surface area contributed by atoms with E-state index >= 15 is 0 Å². The summed E-state index contributed by atoms with van der Waals surface area (Å²) in [4.78, 5) is 17.0. The average molecular weight is 580 g/mol. The first kappa shape index (κ1) is 31.4. The van der Waals surface area contributed by atoms with Gasteiger partial charge in [-0.15, -0.1) is 0 Å². The molecular weight excluding hydrogens is 535 g/mol. The van der Waals surface area contributed by atoms with E-state index in [-0.39, 0.29) is 10.1 Å². The van der Waals surface area contributed by atoms with Gasteiger partial charge in [-0.2, -0.15) is 0 Å². The Labute approximate surface area is 242 Å². The van der Waals surface area contributed by atoms with Crippen LogP contribution in [0.5, 0.6) is 17.2 Å². The van der Waals surface area contributed by atoms with E-state index in [1.165, 1.54) is 14.2 Å². The van der Waals surface area contributed by atoms with Gasteiger partial charge in [0, 0.05) is 5.39 Å². The third kappa shape index (κ3) is 6.78. The molecule has 2 aromatic carbocycles. The van der Waals surface area contributed by atoms with Crippen molar-refractivity contribution >= 4 is 45.7 Å². The number of hydrogen-bond donors (Lipinski definition) is 0. The van der Waals surface area contributed by atoms with Crippen molar-refractivity contribution in [1.82, 2.24) is 4.98 Å². The van der Waals surface area contributed by atoms with Crippen molar-refractivity contribution in [2.24, 2.45) is 0 Å². The van der Waals surface area contributed by atoms with Crippen LogP contribution >= 0.6 is 0 Å². The summed E-state index contributed by atoms with van der Waals surface area (Å²) in [6, 6.07) is 13.6. The number of esters is 1. The summed E-state index contributed by atoms with van der Waals surface area (Å²) in [6.45, 7) is 22.4. The molecule has 0 aliphatic carbocycles. The molecule has 0 atom stereocenters. The minimum absolute atomic E-state index is 0.0458. The van der Waals surface area contributed by atoms with Crippen LogP contribution in [-0.4, -0.2) is 41.8 Å². The lowest BCUT2D eigenvalue weighted by molar-refractivity contribution is 0.0597. The van der Waals surface area contributed by atoms with Gasteiger partial charge in [0.2, 0.25) is 0 Å². The van der Waals surface area contributed by atoms with E-state index in [0.29, 0.717) is 16.8 Å². The van der Waals surface area contributed by atoms with Crippen molar-refractivity contribution in [2.45, 2.75) is 77.8 Å². The molecule has 8 heteroatoms. The molecule has 0 N–H and O–H groups in total. The average Bonchev–Trinajstić information content (AvgIpc) is 2.85. The molecule has 0 aliphatic rings. The Kier molecular flexibility index (Phi) is 8.96. The smallest absolute Gasteiger partial charge is 0.341 e. The van der Waals surface area contributed by atoms with Gasteiger partial charge in [-0.3, -0.25) is 0 Å². The first-order valence-electron chi connectivity index (χ1n) is 13.7. The van der Waals surface area contributed by atoms with E-state index in [1.54, 1.807) is 6.07 Å². The minimum atomic E-state index is -2.12. The van der Waals surface area contributed by atoms with Crippen molar-refractivity contribution < 1.29 is 23.1 Å². The molecule has 216 valence electrons. The number of pyridine rings is 1. The molecule has 0 spiro atoms. The van der Waals surface area contributed by atoms with Crippen LogP contribution in [0.1, 0.15) is 63.2 Å². The zero-order valence-corrected chi connectivity index (χ0v) is 28.2. The largest absolute Gasteiger partial charge is 0.541 e. The Hall–Kier alpha value is -3.11. The highest BCUT2D eigenvalue weighted by Gasteiger charge is 2.42. The molecule has 3 aromatic rings. The second-order valence-corrected chi connectivity index (χ2v) is 22.7. The minimum Gasteiger partial charge on any atom is -0.541 e. The summed E-state index contributed by atoms with van der Waals surface area (Å²) in [7, 11) is -1.31. The first-order chi connectivity index (χ1) is 18.4. The van der Waals surface area contributed by atoms with E-state index in [4.69, 9.17) is 23.3 Å². The topological polar surface area (TPSA) is 66.9 Å². The summed E-state index contributed by atoms with van der Waals surface area (Å²) in [5.74, 6) is 1.53. The monoisotopic (exact) mass is 579 g/mol. The van der Waals surface area contributed by atoms with Gasteiger partial charge in [0.05, 0.1) is 19.9 Å². The molecule has 0 radical (unpaired) electrons. The lowest BCUT2D eigenvalue weighted by atomic mass is 10.1. The van der Waals surface area contributed by atoms with Gasteiger partial charge in [-0.1, -0.05) is 65.8 Å².